The molecule has 1 amide bonds. The lowest BCUT2D eigenvalue weighted by atomic mass is 9.82. The van der Waals surface area contributed by atoms with Crippen molar-refractivity contribution in [3.8, 4) is 11.6 Å². The third-order valence-electron chi connectivity index (χ3n) is 5.88. The zero-order valence-corrected chi connectivity index (χ0v) is 18.5. The first-order chi connectivity index (χ1) is 15.2. The number of halogens is 1. The Morgan fingerprint density at radius 1 is 1.16 bits per heavy atom. The highest BCUT2D eigenvalue weighted by Crippen LogP contribution is 2.31. The van der Waals surface area contributed by atoms with Crippen LogP contribution in [0.4, 0.5) is 0 Å². The van der Waals surface area contributed by atoms with E-state index in [2.05, 4.69) is 37.5 Å². The average molecular weight is 458 g/mol. The van der Waals surface area contributed by atoms with Gasteiger partial charge in [-0.3, -0.25) is 14.7 Å². The number of nitrogens with zero attached hydrogens (tertiary/aromatic N) is 3. The topological polar surface area (TPSA) is 85.0 Å². The molecule has 31 heavy (non-hydrogen) atoms. The van der Waals surface area contributed by atoms with E-state index in [0.29, 0.717) is 23.9 Å². The van der Waals surface area contributed by atoms with E-state index in [1.807, 2.05) is 30.3 Å². The minimum atomic E-state index is -0.130. The fourth-order valence-electron chi connectivity index (χ4n) is 4.34. The molecular formula is C22H24ClN5O2S. The number of rotatable bonds is 6. The summed E-state index contributed by atoms with van der Waals surface area (Å²) in [5.74, 6) is 2.16. The molecule has 0 radical (unpaired) electrons. The van der Waals surface area contributed by atoms with Crippen LogP contribution in [0.3, 0.4) is 0 Å². The van der Waals surface area contributed by atoms with Gasteiger partial charge in [-0.15, -0.1) is 21.8 Å². The van der Waals surface area contributed by atoms with E-state index in [4.69, 9.17) is 16.0 Å². The fraction of sp³-hybridized carbons (Fsp3) is 0.409. The smallest absolute Gasteiger partial charge is 0.225 e. The number of carbonyl (C=O) groups excluding carboxylic acids is 1. The number of hydrogen-bond donors (Lipinski definition) is 2. The number of hydrogen-bond acceptors (Lipinski definition) is 6. The van der Waals surface area contributed by atoms with E-state index >= 15 is 0 Å². The lowest BCUT2D eigenvalue weighted by Crippen LogP contribution is -2.63. The van der Waals surface area contributed by atoms with Gasteiger partial charge in [-0.2, -0.15) is 0 Å². The lowest BCUT2D eigenvalue weighted by Gasteiger charge is -2.41. The molecule has 2 aromatic heterocycles. The maximum Gasteiger partial charge on any atom is 0.225 e. The van der Waals surface area contributed by atoms with Gasteiger partial charge in [0.1, 0.15) is 0 Å². The van der Waals surface area contributed by atoms with Crippen LogP contribution in [0.1, 0.15) is 24.8 Å². The molecule has 1 aromatic carbocycles. The monoisotopic (exact) mass is 457 g/mol. The fourth-order valence-corrected chi connectivity index (χ4v) is 5.55. The van der Waals surface area contributed by atoms with Gasteiger partial charge in [0.15, 0.2) is 10.9 Å². The second kappa shape index (κ2) is 9.06. The molecular weight excluding hydrogens is 434 g/mol. The van der Waals surface area contributed by atoms with Gasteiger partial charge >= 0.3 is 0 Å². The van der Waals surface area contributed by atoms with Crippen LogP contribution >= 0.6 is 23.4 Å². The highest BCUT2D eigenvalue weighted by atomic mass is 35.5. The molecule has 162 valence electrons. The molecule has 7 nitrogen and oxygen atoms in total. The van der Waals surface area contributed by atoms with Gasteiger partial charge < -0.3 is 9.73 Å². The molecule has 3 aromatic rings. The summed E-state index contributed by atoms with van der Waals surface area (Å²) in [5.41, 5.74) is 1.15. The number of carbonyl (C=O) groups is 1. The first-order valence-electron chi connectivity index (χ1n) is 10.5. The summed E-state index contributed by atoms with van der Waals surface area (Å²) in [7, 11) is 0. The number of aromatic nitrogens is 3. The number of furan rings is 1. The van der Waals surface area contributed by atoms with Crippen molar-refractivity contribution in [3.05, 3.63) is 54.3 Å². The van der Waals surface area contributed by atoms with Crippen LogP contribution in [-0.2, 0) is 11.3 Å². The molecule has 1 saturated carbocycles. The Morgan fingerprint density at radius 3 is 2.84 bits per heavy atom. The normalized spacial score (nSPS) is 25.8. The Kier molecular flexibility index (Phi) is 6.02. The zero-order valence-electron chi connectivity index (χ0n) is 16.9. The van der Waals surface area contributed by atoms with Crippen molar-refractivity contribution in [2.24, 2.45) is 5.92 Å². The van der Waals surface area contributed by atoms with Crippen LogP contribution in [0.25, 0.3) is 11.6 Å². The SMILES string of the molecule is O=C1NC(CSc2nnc(-c3ccco3)n2Cc2ccccc2)NC2CC(Cl)CCC12. The molecule has 1 saturated heterocycles. The molecule has 3 heterocycles. The number of amides is 1. The summed E-state index contributed by atoms with van der Waals surface area (Å²) in [6.07, 6.45) is 4.07. The molecule has 2 N–H and O–H groups in total. The van der Waals surface area contributed by atoms with E-state index in [-0.39, 0.29) is 29.4 Å². The predicted molar refractivity (Wildman–Crippen MR) is 120 cm³/mol. The van der Waals surface area contributed by atoms with E-state index < -0.39 is 0 Å². The maximum atomic E-state index is 12.6. The van der Waals surface area contributed by atoms with E-state index in [1.165, 1.54) is 0 Å². The van der Waals surface area contributed by atoms with Crippen LogP contribution in [0.15, 0.2) is 58.3 Å². The highest BCUT2D eigenvalue weighted by molar-refractivity contribution is 7.99. The summed E-state index contributed by atoms with van der Waals surface area (Å²) >= 11 is 7.92. The molecule has 2 aliphatic rings. The van der Waals surface area contributed by atoms with Crippen molar-refractivity contribution in [2.45, 2.75) is 48.5 Å². The Labute approximate surface area is 189 Å². The minimum absolute atomic E-state index is 0.0172. The van der Waals surface area contributed by atoms with Gasteiger partial charge in [-0.1, -0.05) is 42.1 Å². The summed E-state index contributed by atoms with van der Waals surface area (Å²) in [6, 6.07) is 14.1. The van der Waals surface area contributed by atoms with Crippen molar-refractivity contribution in [1.82, 2.24) is 25.4 Å². The van der Waals surface area contributed by atoms with Crippen LogP contribution in [0, 0.1) is 5.92 Å². The molecule has 0 spiro atoms. The second-order valence-electron chi connectivity index (χ2n) is 8.02. The van der Waals surface area contributed by atoms with Crippen LogP contribution < -0.4 is 10.6 Å². The lowest BCUT2D eigenvalue weighted by molar-refractivity contribution is -0.130. The quantitative estimate of drug-likeness (QED) is 0.435. The average Bonchev–Trinajstić information content (AvgIpc) is 3.43. The Bertz CT molecular complexity index is 1030. The van der Waals surface area contributed by atoms with Gasteiger partial charge in [0, 0.05) is 17.2 Å². The summed E-state index contributed by atoms with van der Waals surface area (Å²) in [5, 5.41) is 16.4. The summed E-state index contributed by atoms with van der Waals surface area (Å²) in [6.45, 7) is 0.634. The van der Waals surface area contributed by atoms with Crippen LogP contribution in [-0.4, -0.2) is 44.0 Å². The molecule has 4 atom stereocenters. The molecule has 9 heteroatoms. The number of nitrogens with one attached hydrogen (secondary N) is 2. The summed E-state index contributed by atoms with van der Waals surface area (Å²) in [4.78, 5) is 12.6. The van der Waals surface area contributed by atoms with Crippen LogP contribution in [0.5, 0.6) is 0 Å². The second-order valence-corrected chi connectivity index (χ2v) is 9.62. The first kappa shape index (κ1) is 20.6. The van der Waals surface area contributed by atoms with Gasteiger partial charge in [-0.05, 0) is 37.0 Å². The number of alkyl halides is 1. The maximum absolute atomic E-state index is 12.6. The van der Waals surface area contributed by atoms with Gasteiger partial charge in [0.2, 0.25) is 11.7 Å². The number of fused-ring (bicyclic) bond motifs is 1. The van der Waals surface area contributed by atoms with Crippen molar-refractivity contribution in [3.63, 3.8) is 0 Å². The Balaban J connectivity index is 1.33. The van der Waals surface area contributed by atoms with E-state index in [9.17, 15) is 4.79 Å². The van der Waals surface area contributed by atoms with Crippen molar-refractivity contribution in [2.75, 3.05) is 5.75 Å². The standard InChI is InChI=1S/C22H24ClN5O2S/c23-15-8-9-16-17(11-15)24-19(25-21(16)29)13-31-22-27-26-20(18-7-4-10-30-18)28(22)12-14-5-2-1-3-6-14/h1-7,10,15-17,19,24H,8-9,11-13H2,(H,25,29). The van der Waals surface area contributed by atoms with E-state index in [0.717, 1.165) is 30.0 Å². The molecule has 4 unspecified atom stereocenters. The molecule has 2 fully saturated rings. The first-order valence-corrected chi connectivity index (χ1v) is 11.9. The van der Waals surface area contributed by atoms with Gasteiger partial charge in [0.25, 0.3) is 0 Å². The highest BCUT2D eigenvalue weighted by Gasteiger charge is 2.39. The minimum Gasteiger partial charge on any atom is -0.461 e. The predicted octanol–water partition coefficient (Wildman–Crippen LogP) is 3.50. The third kappa shape index (κ3) is 4.51. The Morgan fingerprint density at radius 2 is 2.03 bits per heavy atom. The third-order valence-corrected chi connectivity index (χ3v) is 7.33. The largest absolute Gasteiger partial charge is 0.461 e. The van der Waals surface area contributed by atoms with Gasteiger partial charge in [0.05, 0.1) is 24.9 Å². The molecule has 0 bridgehead atoms. The number of thioether (sulfide) groups is 1. The van der Waals surface area contributed by atoms with Crippen molar-refractivity contribution < 1.29 is 9.21 Å². The number of benzene rings is 1. The van der Waals surface area contributed by atoms with Crippen molar-refractivity contribution >= 4 is 29.3 Å². The zero-order chi connectivity index (χ0) is 21.2. The molecule has 1 aliphatic carbocycles. The summed E-state index contributed by atoms with van der Waals surface area (Å²) < 4.78 is 7.63. The Hall–Kier alpha value is -2.29. The van der Waals surface area contributed by atoms with Crippen molar-refractivity contribution in [1.29, 1.82) is 0 Å². The molecule has 5 rings (SSSR count). The van der Waals surface area contributed by atoms with E-state index in [1.54, 1.807) is 18.0 Å². The molecule has 1 aliphatic heterocycles. The van der Waals surface area contributed by atoms with Crippen LogP contribution in [0.2, 0.25) is 0 Å². The van der Waals surface area contributed by atoms with Gasteiger partial charge in [-0.25, -0.2) is 0 Å².